The Bertz CT molecular complexity index is 3210. The van der Waals surface area contributed by atoms with Crippen molar-refractivity contribution in [3.8, 4) is 33.4 Å². The van der Waals surface area contributed by atoms with Crippen molar-refractivity contribution < 1.29 is 4.42 Å². The minimum absolute atomic E-state index is 0.0685. The van der Waals surface area contributed by atoms with Gasteiger partial charge < -0.3 is 4.42 Å². The van der Waals surface area contributed by atoms with Crippen molar-refractivity contribution in [3.05, 3.63) is 181 Å². The molecule has 2 heterocycles. The van der Waals surface area contributed by atoms with Crippen LogP contribution in [0.5, 0.6) is 0 Å². The van der Waals surface area contributed by atoms with Crippen LogP contribution in [0.4, 0.5) is 0 Å². The van der Waals surface area contributed by atoms with E-state index in [0.29, 0.717) is 0 Å². The Morgan fingerprint density at radius 2 is 0.981 bits per heavy atom. The number of hydrogen-bond acceptors (Lipinski definition) is 2. The number of benzene rings is 7. The monoisotopic (exact) mass is 694 g/mol. The largest absolute Gasteiger partial charge is 0.455 e. The summed E-state index contributed by atoms with van der Waals surface area (Å²) in [6.07, 6.45) is 0. The summed E-state index contributed by atoms with van der Waals surface area (Å²) in [5, 5.41) is 9.78. The van der Waals surface area contributed by atoms with Gasteiger partial charge in [-0.3, -0.25) is 0 Å². The average molecular weight is 695 g/mol. The maximum atomic E-state index is 6.57. The number of rotatable bonds is 2. The number of hydrogen-bond donors (Lipinski definition) is 0. The molecule has 0 fully saturated rings. The molecule has 0 radical (unpaired) electrons. The molecule has 0 amide bonds. The van der Waals surface area contributed by atoms with Gasteiger partial charge in [0.1, 0.15) is 11.2 Å². The molecule has 2 aromatic heterocycles. The van der Waals surface area contributed by atoms with Crippen LogP contribution >= 0.6 is 11.3 Å². The molecule has 0 bridgehead atoms. The highest BCUT2D eigenvalue weighted by atomic mass is 32.1. The third-order valence-electron chi connectivity index (χ3n) is 11.5. The number of furan rings is 1. The van der Waals surface area contributed by atoms with E-state index in [1.807, 2.05) is 11.3 Å². The fourth-order valence-electron chi connectivity index (χ4n) is 9.00. The van der Waals surface area contributed by atoms with Gasteiger partial charge in [0.2, 0.25) is 0 Å². The van der Waals surface area contributed by atoms with Crippen molar-refractivity contribution in [1.82, 2.24) is 0 Å². The van der Waals surface area contributed by atoms with E-state index in [-0.39, 0.29) is 5.41 Å². The Morgan fingerprint density at radius 1 is 0.415 bits per heavy atom. The Hall–Kier alpha value is -6.22. The first-order valence-corrected chi connectivity index (χ1v) is 19.2. The molecule has 0 N–H and O–H groups in total. The standard InChI is InChI=1S/C51H34OS/c1-51(2)43-23-13-11-19-37(43)38-27-25-31(29-44(38)51)33-15-5-3-4-6-16-34(36-18-8-7-17-35(33)36)32-26-28-42-46(30-32)53-50-40-21-10-9-20-39(40)49-47(48(42)50)41-22-12-14-24-45(41)52-49/h3-30H,1-2H3. The molecule has 1 nitrogen and oxygen atoms in total. The van der Waals surface area contributed by atoms with Crippen LogP contribution in [0.3, 0.4) is 0 Å². The normalized spacial score (nSPS) is 13.2. The molecule has 0 aliphatic heterocycles. The highest BCUT2D eigenvalue weighted by Gasteiger charge is 2.35. The lowest BCUT2D eigenvalue weighted by molar-refractivity contribution is 0.660. The summed E-state index contributed by atoms with van der Waals surface area (Å²) in [6.45, 7) is 4.71. The third-order valence-corrected chi connectivity index (χ3v) is 12.7. The highest BCUT2D eigenvalue weighted by Crippen LogP contribution is 2.51. The van der Waals surface area contributed by atoms with Crippen LogP contribution in [-0.2, 0) is 5.41 Å². The van der Waals surface area contributed by atoms with Crippen molar-refractivity contribution in [2.45, 2.75) is 19.3 Å². The fraction of sp³-hybridized carbons (Fsp3) is 0.0588. The second-order valence-electron chi connectivity index (χ2n) is 14.8. The molecule has 10 aromatic rings. The van der Waals surface area contributed by atoms with Gasteiger partial charge in [0.15, 0.2) is 0 Å². The van der Waals surface area contributed by atoms with Gasteiger partial charge in [0, 0.05) is 47.1 Å². The van der Waals surface area contributed by atoms with Gasteiger partial charge in [0.05, 0.1) is 0 Å². The molecule has 8 aromatic carbocycles. The number of thiophene rings is 1. The Kier molecular flexibility index (Phi) is 6.53. The molecule has 0 saturated carbocycles. The minimum Gasteiger partial charge on any atom is -0.455 e. The summed E-state index contributed by atoms with van der Waals surface area (Å²) in [7, 11) is 0. The zero-order chi connectivity index (χ0) is 35.3. The van der Waals surface area contributed by atoms with Crippen molar-refractivity contribution in [2.24, 2.45) is 0 Å². The summed E-state index contributed by atoms with van der Waals surface area (Å²) >= 11 is 1.89. The third kappa shape index (κ3) is 4.43. The molecular formula is C51H34OS. The summed E-state index contributed by atoms with van der Waals surface area (Å²) in [5.41, 5.74) is 12.2. The lowest BCUT2D eigenvalue weighted by atomic mass is 9.81. The van der Waals surface area contributed by atoms with E-state index in [4.69, 9.17) is 4.42 Å². The van der Waals surface area contributed by atoms with Gasteiger partial charge >= 0.3 is 0 Å². The highest BCUT2D eigenvalue weighted by molar-refractivity contribution is 7.27. The Labute approximate surface area is 311 Å². The quantitative estimate of drug-likeness (QED) is 0.176. The topological polar surface area (TPSA) is 13.1 Å². The van der Waals surface area contributed by atoms with E-state index in [1.54, 1.807) is 0 Å². The molecule has 0 saturated heterocycles. The second-order valence-corrected chi connectivity index (χ2v) is 15.8. The molecule has 53 heavy (non-hydrogen) atoms. The van der Waals surface area contributed by atoms with E-state index in [0.717, 1.165) is 11.2 Å². The summed E-state index contributed by atoms with van der Waals surface area (Å²) in [5.74, 6) is 0. The zero-order valence-electron chi connectivity index (χ0n) is 29.5. The van der Waals surface area contributed by atoms with Crippen molar-refractivity contribution in [3.63, 3.8) is 0 Å². The van der Waals surface area contributed by atoms with Crippen molar-refractivity contribution >= 4 is 75.0 Å². The lowest BCUT2D eigenvalue weighted by Gasteiger charge is -2.22. The Morgan fingerprint density at radius 3 is 1.75 bits per heavy atom. The van der Waals surface area contributed by atoms with E-state index >= 15 is 0 Å². The molecule has 1 aliphatic carbocycles. The van der Waals surface area contributed by atoms with Crippen molar-refractivity contribution in [2.75, 3.05) is 0 Å². The zero-order valence-corrected chi connectivity index (χ0v) is 30.3. The average Bonchev–Trinajstić information content (AvgIpc) is 3.84. The van der Waals surface area contributed by atoms with Crippen molar-refractivity contribution in [1.29, 1.82) is 0 Å². The first kappa shape index (κ1) is 30.4. The molecular weight excluding hydrogens is 661 g/mol. The Balaban J connectivity index is 1.16. The van der Waals surface area contributed by atoms with Crippen LogP contribution in [-0.4, -0.2) is 0 Å². The first-order valence-electron chi connectivity index (χ1n) is 18.3. The van der Waals surface area contributed by atoms with Crippen LogP contribution in [0.25, 0.3) is 97.0 Å². The van der Waals surface area contributed by atoms with Gasteiger partial charge in [-0.15, -0.1) is 11.3 Å². The van der Waals surface area contributed by atoms with Crippen LogP contribution < -0.4 is 0 Å². The molecule has 0 atom stereocenters. The van der Waals surface area contributed by atoms with Gasteiger partial charge in [-0.1, -0.05) is 166 Å². The maximum absolute atomic E-state index is 6.57. The molecule has 250 valence electrons. The summed E-state index contributed by atoms with van der Waals surface area (Å²) in [6, 6.07) is 62.2. The summed E-state index contributed by atoms with van der Waals surface area (Å²) in [4.78, 5) is 0. The molecule has 0 unspecified atom stereocenters. The van der Waals surface area contributed by atoms with E-state index in [1.165, 1.54) is 97.0 Å². The van der Waals surface area contributed by atoms with Gasteiger partial charge in [-0.2, -0.15) is 0 Å². The van der Waals surface area contributed by atoms with Crippen LogP contribution in [0.15, 0.2) is 174 Å². The molecule has 11 rings (SSSR count). The SMILES string of the molecule is CC1(C)c2ccccc2-c2ccc(-c3ccccccc(-c4ccc5c(c4)sc4c6ccccc6c6oc7ccccc7c6c54)c4ccccc34)cc21. The van der Waals surface area contributed by atoms with E-state index in [9.17, 15) is 0 Å². The van der Waals surface area contributed by atoms with Gasteiger partial charge in [0.25, 0.3) is 0 Å². The molecule has 0 spiro atoms. The smallest absolute Gasteiger partial charge is 0.143 e. The van der Waals surface area contributed by atoms with Crippen LogP contribution in [0.2, 0.25) is 0 Å². The summed E-state index contributed by atoms with van der Waals surface area (Å²) < 4.78 is 9.16. The van der Waals surface area contributed by atoms with E-state index < -0.39 is 0 Å². The molecule has 1 aliphatic rings. The van der Waals surface area contributed by atoms with E-state index in [2.05, 4.69) is 184 Å². The minimum atomic E-state index is -0.0685. The predicted octanol–water partition coefficient (Wildman–Crippen LogP) is 15.0. The second kappa shape index (κ2) is 11.4. The fourth-order valence-corrected chi connectivity index (χ4v) is 10.3. The maximum Gasteiger partial charge on any atom is 0.143 e. The van der Waals surface area contributed by atoms with Gasteiger partial charge in [-0.05, 0) is 73.5 Å². The van der Waals surface area contributed by atoms with Crippen LogP contribution in [0.1, 0.15) is 25.0 Å². The predicted molar refractivity (Wildman–Crippen MR) is 228 cm³/mol. The molecule has 2 heteroatoms. The van der Waals surface area contributed by atoms with Gasteiger partial charge in [-0.25, -0.2) is 0 Å². The lowest BCUT2D eigenvalue weighted by Crippen LogP contribution is -2.14. The first-order chi connectivity index (χ1) is 26.1. The number of para-hydroxylation sites is 1. The number of fused-ring (bicyclic) bond motifs is 14. The van der Waals surface area contributed by atoms with Crippen LogP contribution in [0, 0.1) is 0 Å².